The van der Waals surface area contributed by atoms with Gasteiger partial charge in [0, 0.05) is 13.0 Å². The number of hydrogen-bond acceptors (Lipinski definition) is 1. The molecule has 1 fully saturated rings. The highest BCUT2D eigenvalue weighted by Gasteiger charge is 2.14. The molecule has 0 atom stereocenters. The number of fused-ring (bicyclic) bond motifs is 1. The summed E-state index contributed by atoms with van der Waals surface area (Å²) in [4.78, 5) is 3.37. The second kappa shape index (κ2) is 5.86. The van der Waals surface area contributed by atoms with Crippen LogP contribution in [0.3, 0.4) is 0 Å². The molecule has 1 heterocycles. The SMILES string of the molecule is Cc1[nH]c2ccc(OCCC3CCCCC3)cc2[n+]1C. The lowest BCUT2D eigenvalue weighted by atomic mass is 9.87. The molecule has 0 bridgehead atoms. The molecule has 3 heteroatoms. The number of aryl methyl sites for hydroxylation is 2. The topological polar surface area (TPSA) is 28.9 Å². The van der Waals surface area contributed by atoms with E-state index in [0.29, 0.717) is 0 Å². The fourth-order valence-electron chi connectivity index (χ4n) is 3.26. The second-order valence-electron chi connectivity index (χ2n) is 6.09. The molecule has 1 saturated carbocycles. The number of rotatable bonds is 4. The number of aromatic nitrogens is 2. The first-order chi connectivity index (χ1) is 9.74. The van der Waals surface area contributed by atoms with E-state index < -0.39 is 0 Å². The molecule has 0 spiro atoms. The van der Waals surface area contributed by atoms with Gasteiger partial charge in [0.1, 0.15) is 5.75 Å². The summed E-state index contributed by atoms with van der Waals surface area (Å²) in [7, 11) is 2.08. The van der Waals surface area contributed by atoms with Crippen LogP contribution in [0.2, 0.25) is 0 Å². The van der Waals surface area contributed by atoms with Crippen molar-refractivity contribution in [3.05, 3.63) is 24.0 Å². The minimum Gasteiger partial charge on any atom is -0.493 e. The van der Waals surface area contributed by atoms with Crippen LogP contribution in [-0.2, 0) is 7.05 Å². The third-order valence-electron chi connectivity index (χ3n) is 4.67. The Morgan fingerprint density at radius 3 is 2.85 bits per heavy atom. The summed E-state index contributed by atoms with van der Waals surface area (Å²) in [6.45, 7) is 2.94. The van der Waals surface area contributed by atoms with Gasteiger partial charge in [-0.05, 0) is 24.5 Å². The molecule has 0 amide bonds. The van der Waals surface area contributed by atoms with Crippen molar-refractivity contribution in [3.8, 4) is 5.75 Å². The average molecular weight is 273 g/mol. The van der Waals surface area contributed by atoms with E-state index in [0.717, 1.165) is 18.3 Å². The zero-order valence-electron chi connectivity index (χ0n) is 12.6. The Bertz CT molecular complexity index is 582. The number of nitrogens with one attached hydrogen (secondary N) is 1. The van der Waals surface area contributed by atoms with E-state index in [1.54, 1.807) is 0 Å². The number of imidazole rings is 1. The standard InChI is InChI=1S/C17H24N2O/c1-13-18-16-9-8-15(12-17(16)19(13)2)20-11-10-14-6-4-3-5-7-14/h8-9,12,14H,3-7,10-11H2,1-2H3/p+1. The van der Waals surface area contributed by atoms with Crippen LogP contribution in [-0.4, -0.2) is 11.6 Å². The van der Waals surface area contributed by atoms with Gasteiger partial charge in [-0.3, -0.25) is 0 Å². The Balaban J connectivity index is 1.61. The van der Waals surface area contributed by atoms with Crippen molar-refractivity contribution in [2.45, 2.75) is 45.4 Å². The third kappa shape index (κ3) is 2.82. The molecule has 1 aliphatic carbocycles. The Labute approximate surface area is 121 Å². The normalized spacial score (nSPS) is 16.7. The van der Waals surface area contributed by atoms with Crippen LogP contribution in [0, 0.1) is 12.8 Å². The van der Waals surface area contributed by atoms with Gasteiger partial charge < -0.3 is 4.74 Å². The lowest BCUT2D eigenvalue weighted by molar-refractivity contribution is -0.651. The van der Waals surface area contributed by atoms with Crippen molar-refractivity contribution in [1.82, 2.24) is 4.98 Å². The summed E-state index contributed by atoms with van der Waals surface area (Å²) in [6.07, 6.45) is 8.25. The minimum absolute atomic E-state index is 0.850. The van der Waals surface area contributed by atoms with Gasteiger partial charge in [0.15, 0.2) is 11.0 Å². The van der Waals surface area contributed by atoms with Crippen molar-refractivity contribution < 1.29 is 9.30 Å². The molecule has 1 aliphatic rings. The summed E-state index contributed by atoms with van der Waals surface area (Å²) >= 11 is 0. The molecular weight excluding hydrogens is 248 g/mol. The van der Waals surface area contributed by atoms with E-state index in [9.17, 15) is 0 Å². The fourth-order valence-corrected chi connectivity index (χ4v) is 3.26. The maximum Gasteiger partial charge on any atom is 0.251 e. The smallest absolute Gasteiger partial charge is 0.251 e. The molecule has 1 N–H and O–H groups in total. The summed E-state index contributed by atoms with van der Waals surface area (Å²) < 4.78 is 8.12. The maximum absolute atomic E-state index is 5.95. The van der Waals surface area contributed by atoms with Gasteiger partial charge in [0.2, 0.25) is 0 Å². The van der Waals surface area contributed by atoms with Crippen LogP contribution in [0.15, 0.2) is 18.2 Å². The summed E-state index contributed by atoms with van der Waals surface area (Å²) in [5.41, 5.74) is 2.38. The van der Waals surface area contributed by atoms with Gasteiger partial charge in [-0.25, -0.2) is 9.55 Å². The number of H-pyrrole nitrogens is 1. The summed E-state index contributed by atoms with van der Waals surface area (Å²) in [5, 5.41) is 0. The minimum atomic E-state index is 0.850. The van der Waals surface area contributed by atoms with Crippen LogP contribution in [0.5, 0.6) is 5.75 Å². The number of benzene rings is 1. The van der Waals surface area contributed by atoms with Crippen molar-refractivity contribution in [1.29, 1.82) is 0 Å². The zero-order valence-corrected chi connectivity index (χ0v) is 12.6. The first-order valence-electron chi connectivity index (χ1n) is 7.85. The Hall–Kier alpha value is -1.51. The molecule has 20 heavy (non-hydrogen) atoms. The number of hydrogen-bond donors (Lipinski definition) is 1. The number of nitrogens with zero attached hydrogens (tertiary/aromatic N) is 1. The van der Waals surface area contributed by atoms with E-state index in [1.807, 2.05) is 0 Å². The molecule has 2 aromatic rings. The lowest BCUT2D eigenvalue weighted by Gasteiger charge is -2.21. The molecule has 1 aromatic carbocycles. The molecular formula is C17H25N2O+. The molecule has 108 valence electrons. The monoisotopic (exact) mass is 273 g/mol. The highest BCUT2D eigenvalue weighted by Crippen LogP contribution is 2.26. The van der Waals surface area contributed by atoms with Crippen molar-refractivity contribution in [2.75, 3.05) is 6.61 Å². The van der Waals surface area contributed by atoms with E-state index in [-0.39, 0.29) is 0 Å². The van der Waals surface area contributed by atoms with Crippen LogP contribution in [0.1, 0.15) is 44.3 Å². The van der Waals surface area contributed by atoms with E-state index >= 15 is 0 Å². The third-order valence-corrected chi connectivity index (χ3v) is 4.67. The predicted octanol–water partition coefficient (Wildman–Crippen LogP) is 3.65. The quantitative estimate of drug-likeness (QED) is 0.846. The first kappa shape index (κ1) is 13.5. The van der Waals surface area contributed by atoms with Crippen molar-refractivity contribution in [2.24, 2.45) is 13.0 Å². The Morgan fingerprint density at radius 2 is 2.05 bits per heavy atom. The van der Waals surface area contributed by atoms with Crippen molar-refractivity contribution in [3.63, 3.8) is 0 Å². The van der Waals surface area contributed by atoms with Gasteiger partial charge in [-0.1, -0.05) is 32.1 Å². The van der Waals surface area contributed by atoms with E-state index in [1.165, 1.54) is 55.4 Å². The lowest BCUT2D eigenvalue weighted by Crippen LogP contribution is -2.29. The van der Waals surface area contributed by atoms with E-state index in [4.69, 9.17) is 4.74 Å². The molecule has 0 saturated heterocycles. The van der Waals surface area contributed by atoms with Crippen LogP contribution in [0.25, 0.3) is 11.0 Å². The highest BCUT2D eigenvalue weighted by atomic mass is 16.5. The van der Waals surface area contributed by atoms with Crippen LogP contribution in [0.4, 0.5) is 0 Å². The predicted molar refractivity (Wildman–Crippen MR) is 80.9 cm³/mol. The summed E-state index contributed by atoms with van der Waals surface area (Å²) in [6, 6.07) is 6.32. The van der Waals surface area contributed by atoms with Gasteiger partial charge in [-0.2, -0.15) is 0 Å². The van der Waals surface area contributed by atoms with Gasteiger partial charge in [0.05, 0.1) is 13.7 Å². The Morgan fingerprint density at radius 1 is 1.25 bits per heavy atom. The summed E-state index contributed by atoms with van der Waals surface area (Å²) in [5.74, 6) is 3.04. The number of ether oxygens (including phenoxy) is 1. The van der Waals surface area contributed by atoms with E-state index in [2.05, 4.69) is 41.7 Å². The van der Waals surface area contributed by atoms with Gasteiger partial charge >= 0.3 is 0 Å². The zero-order chi connectivity index (χ0) is 13.9. The van der Waals surface area contributed by atoms with Crippen LogP contribution < -0.4 is 9.30 Å². The maximum atomic E-state index is 5.95. The first-order valence-corrected chi connectivity index (χ1v) is 7.85. The largest absolute Gasteiger partial charge is 0.493 e. The molecule has 1 aromatic heterocycles. The van der Waals surface area contributed by atoms with Crippen molar-refractivity contribution >= 4 is 11.0 Å². The second-order valence-corrected chi connectivity index (χ2v) is 6.09. The molecule has 0 radical (unpaired) electrons. The number of aromatic amines is 1. The van der Waals surface area contributed by atoms with Gasteiger partial charge in [-0.15, -0.1) is 0 Å². The molecule has 3 nitrogen and oxygen atoms in total. The highest BCUT2D eigenvalue weighted by molar-refractivity contribution is 5.73. The van der Waals surface area contributed by atoms with Gasteiger partial charge in [0.25, 0.3) is 5.82 Å². The van der Waals surface area contributed by atoms with Crippen LogP contribution >= 0.6 is 0 Å². The average Bonchev–Trinajstić information content (AvgIpc) is 2.76. The molecule has 0 unspecified atom stereocenters. The molecule has 3 rings (SSSR count). The fraction of sp³-hybridized carbons (Fsp3) is 0.588. The molecule has 0 aliphatic heterocycles. The Kier molecular flexibility index (Phi) is 3.95.